The maximum atomic E-state index is 13.1. The predicted octanol–water partition coefficient (Wildman–Crippen LogP) is 23.3. The summed E-state index contributed by atoms with van der Waals surface area (Å²) in [4.78, 5) is 73.0. The Morgan fingerprint density at radius 2 is 0.529 bits per heavy atom. The molecule has 0 aliphatic heterocycles. The lowest BCUT2D eigenvalue weighted by Gasteiger charge is -2.21. The second-order valence-corrected chi connectivity index (χ2v) is 29.5. The lowest BCUT2D eigenvalue weighted by Crippen LogP contribution is -2.30. The van der Waals surface area contributed by atoms with Crippen molar-refractivity contribution < 1.29 is 80.2 Å². The molecule has 0 saturated heterocycles. The van der Waals surface area contributed by atoms with Crippen molar-refractivity contribution in [2.75, 3.05) is 39.6 Å². The van der Waals surface area contributed by atoms with Crippen LogP contribution in [0.4, 0.5) is 0 Å². The molecule has 19 heteroatoms. The molecule has 0 aliphatic carbocycles. The van der Waals surface area contributed by atoms with Gasteiger partial charge in [-0.3, -0.25) is 37.3 Å². The van der Waals surface area contributed by atoms with E-state index in [-0.39, 0.29) is 25.7 Å². The van der Waals surface area contributed by atoms with Gasteiger partial charge < -0.3 is 33.8 Å². The van der Waals surface area contributed by atoms with Crippen LogP contribution in [0.3, 0.4) is 0 Å². The van der Waals surface area contributed by atoms with E-state index in [4.69, 9.17) is 37.0 Å². The zero-order chi connectivity index (χ0) is 74.6. The summed E-state index contributed by atoms with van der Waals surface area (Å²) in [6.45, 7) is 4.60. The van der Waals surface area contributed by atoms with Crippen molar-refractivity contribution in [3.05, 3.63) is 109 Å². The van der Waals surface area contributed by atoms with Crippen LogP contribution in [0, 0.1) is 0 Å². The lowest BCUT2D eigenvalue weighted by molar-refractivity contribution is -0.161. The Morgan fingerprint density at radius 3 is 0.843 bits per heavy atom. The Labute approximate surface area is 619 Å². The number of esters is 4. The number of phosphoric ester groups is 2. The van der Waals surface area contributed by atoms with Crippen LogP contribution in [-0.2, 0) is 65.4 Å². The number of ether oxygens (including phenoxy) is 4. The number of rotatable bonds is 75. The van der Waals surface area contributed by atoms with Crippen LogP contribution >= 0.6 is 15.6 Å². The van der Waals surface area contributed by atoms with Crippen LogP contribution in [-0.4, -0.2) is 96.7 Å². The zero-order valence-corrected chi connectivity index (χ0v) is 66.0. The number of hydrogen-bond donors (Lipinski definition) is 3. The molecule has 0 aromatic rings. The van der Waals surface area contributed by atoms with Crippen molar-refractivity contribution in [2.24, 2.45) is 0 Å². The number of allylic oxidation sites excluding steroid dienone is 18. The van der Waals surface area contributed by atoms with Crippen molar-refractivity contribution in [2.45, 2.75) is 354 Å². The summed E-state index contributed by atoms with van der Waals surface area (Å²) in [6, 6.07) is 0. The maximum Gasteiger partial charge on any atom is 0.472 e. The largest absolute Gasteiger partial charge is 0.472 e. The molecular weight excluding hydrogens is 1330 g/mol. The van der Waals surface area contributed by atoms with Crippen molar-refractivity contribution in [3.63, 3.8) is 0 Å². The fourth-order valence-electron chi connectivity index (χ4n) is 10.7. The van der Waals surface area contributed by atoms with Gasteiger partial charge in [-0.25, -0.2) is 9.13 Å². The van der Waals surface area contributed by atoms with Gasteiger partial charge in [-0.2, -0.15) is 0 Å². The Hall–Kier alpha value is -4.28. The molecule has 5 unspecified atom stereocenters. The van der Waals surface area contributed by atoms with Gasteiger partial charge in [-0.05, 0) is 96.3 Å². The summed E-state index contributed by atoms with van der Waals surface area (Å²) in [6.07, 6.45) is 80.8. The third-order valence-corrected chi connectivity index (χ3v) is 18.7. The van der Waals surface area contributed by atoms with Gasteiger partial charge >= 0.3 is 39.5 Å². The number of aliphatic hydroxyl groups excluding tert-OH is 1. The molecule has 17 nitrogen and oxygen atoms in total. The smallest absolute Gasteiger partial charge is 0.462 e. The van der Waals surface area contributed by atoms with E-state index in [1.54, 1.807) is 0 Å². The van der Waals surface area contributed by atoms with Gasteiger partial charge in [0.25, 0.3) is 0 Å². The van der Waals surface area contributed by atoms with Gasteiger partial charge in [-0.15, -0.1) is 0 Å². The average molecular weight is 1480 g/mol. The van der Waals surface area contributed by atoms with E-state index >= 15 is 0 Å². The highest BCUT2D eigenvalue weighted by Gasteiger charge is 2.30. The first kappa shape index (κ1) is 97.7. The standard InChI is InChI=1S/C83H144O17P2/c1-5-9-13-17-21-25-29-33-35-37-38-40-41-45-48-52-56-60-64-68-81(86)94-74-79(100-83(88)70-66-62-58-54-50-46-42-39-36-34-30-26-22-18-14-10-6-2)76-98-102(91,92)96-72-77(84)71-95-101(89,90)97-75-78(99-82(87)69-65-61-57-53-49-44-32-28-24-20-16-12-8-4)73-93-80(85)67-63-59-55-51-47-43-31-27-23-19-15-11-7-3/h9-10,13-14,21-22,25-26,33-36,38,40,45,48,56,60,77-79,84H,5-8,11-12,15-20,23-24,27-32,37,39,41-44,46-47,49-55,57-59,61-76H2,1-4H3,(H,89,90)(H,91,92)/b13-9-,14-10-,25-21-,26-22-,35-33-,36-34-,40-38-,48-45-,60-56-. The number of phosphoric acid groups is 2. The quantitative estimate of drug-likeness (QED) is 0.0169. The van der Waals surface area contributed by atoms with Crippen molar-refractivity contribution >= 4 is 39.5 Å². The summed E-state index contributed by atoms with van der Waals surface area (Å²) in [5.74, 6) is -2.26. The van der Waals surface area contributed by atoms with Crippen LogP contribution < -0.4 is 0 Å². The Morgan fingerprint density at radius 1 is 0.284 bits per heavy atom. The molecule has 5 atom stereocenters. The molecule has 0 heterocycles. The van der Waals surface area contributed by atoms with Crippen LogP contribution in [0.1, 0.15) is 336 Å². The first-order chi connectivity index (χ1) is 49.7. The molecule has 3 N–H and O–H groups in total. The first-order valence-electron chi connectivity index (χ1n) is 40.1. The van der Waals surface area contributed by atoms with Gasteiger partial charge in [-0.1, -0.05) is 323 Å². The minimum absolute atomic E-state index is 0.0331. The SMILES string of the molecule is CC/C=C\C/C=C\C/C=C\C/C=C\C/C=C\C/C=C\CCC(=O)OCC(COP(=O)(O)OCC(O)COP(=O)(O)OCC(COC(=O)CCCCCCCCCCCCCCC)OC(=O)CCCCCCCCCCCCCCC)OC(=O)CCCCCCCCC/C=C\C/C=C\C/C=C\CC. The zero-order valence-electron chi connectivity index (χ0n) is 64.3. The topological polar surface area (TPSA) is 237 Å². The summed E-state index contributed by atoms with van der Waals surface area (Å²) in [7, 11) is -9.97. The normalized spacial score (nSPS) is 14.5. The third kappa shape index (κ3) is 74.0. The average Bonchev–Trinajstić information content (AvgIpc) is 0.923. The number of unbranched alkanes of at least 4 members (excludes halogenated alkanes) is 31. The summed E-state index contributed by atoms with van der Waals surface area (Å²) >= 11 is 0. The summed E-state index contributed by atoms with van der Waals surface area (Å²) in [5, 5.41) is 10.6. The highest BCUT2D eigenvalue weighted by molar-refractivity contribution is 7.47. The second kappa shape index (κ2) is 75.0. The molecule has 0 aromatic carbocycles. The third-order valence-electron chi connectivity index (χ3n) is 16.8. The number of aliphatic hydroxyl groups is 1. The Kier molecular flexibility index (Phi) is 71.8. The monoisotopic (exact) mass is 1470 g/mol. The molecule has 0 aromatic heterocycles. The molecule has 0 radical (unpaired) electrons. The number of carbonyl (C=O) groups excluding carboxylic acids is 4. The van der Waals surface area contributed by atoms with E-state index in [0.29, 0.717) is 32.1 Å². The summed E-state index contributed by atoms with van der Waals surface area (Å²) < 4.78 is 68.5. The molecule has 0 fully saturated rings. The minimum Gasteiger partial charge on any atom is -0.462 e. The van der Waals surface area contributed by atoms with Crippen molar-refractivity contribution in [3.8, 4) is 0 Å². The highest BCUT2D eigenvalue weighted by atomic mass is 31.2. The molecule has 0 saturated carbocycles. The lowest BCUT2D eigenvalue weighted by atomic mass is 10.0. The molecule has 0 aliphatic rings. The van der Waals surface area contributed by atoms with Gasteiger partial charge in [0.2, 0.25) is 0 Å². The Bertz CT molecular complexity index is 2360. The summed E-state index contributed by atoms with van der Waals surface area (Å²) in [5.41, 5.74) is 0. The highest BCUT2D eigenvalue weighted by Crippen LogP contribution is 2.45. The van der Waals surface area contributed by atoms with Crippen molar-refractivity contribution in [1.82, 2.24) is 0 Å². The fourth-order valence-corrected chi connectivity index (χ4v) is 12.3. The van der Waals surface area contributed by atoms with E-state index in [9.17, 15) is 43.2 Å². The minimum atomic E-state index is -4.99. The Balaban J connectivity index is 5.41. The van der Waals surface area contributed by atoms with Gasteiger partial charge in [0.1, 0.15) is 19.3 Å². The van der Waals surface area contributed by atoms with Gasteiger partial charge in [0.15, 0.2) is 12.2 Å². The van der Waals surface area contributed by atoms with Gasteiger partial charge in [0.05, 0.1) is 26.4 Å². The van der Waals surface area contributed by atoms with Crippen LogP contribution in [0.2, 0.25) is 0 Å². The molecule has 0 amide bonds. The molecular formula is C83H144O17P2. The molecule has 0 rings (SSSR count). The first-order valence-corrected chi connectivity index (χ1v) is 43.1. The van der Waals surface area contributed by atoms with E-state index in [0.717, 1.165) is 141 Å². The fraction of sp³-hybridized carbons (Fsp3) is 0.735. The molecule has 0 bridgehead atoms. The van der Waals surface area contributed by atoms with E-state index in [1.807, 2.05) is 18.2 Å². The van der Waals surface area contributed by atoms with E-state index < -0.39 is 97.5 Å². The maximum absolute atomic E-state index is 13.1. The second-order valence-electron chi connectivity index (χ2n) is 26.6. The van der Waals surface area contributed by atoms with Crippen LogP contribution in [0.25, 0.3) is 0 Å². The number of hydrogen-bond acceptors (Lipinski definition) is 15. The molecule has 102 heavy (non-hydrogen) atoms. The van der Waals surface area contributed by atoms with Crippen molar-refractivity contribution in [1.29, 1.82) is 0 Å². The van der Waals surface area contributed by atoms with Gasteiger partial charge in [0, 0.05) is 25.7 Å². The number of carbonyl (C=O) groups is 4. The molecule has 588 valence electrons. The predicted molar refractivity (Wildman–Crippen MR) is 418 cm³/mol. The van der Waals surface area contributed by atoms with Crippen LogP contribution in [0.5, 0.6) is 0 Å². The van der Waals surface area contributed by atoms with Crippen LogP contribution in [0.15, 0.2) is 109 Å². The van der Waals surface area contributed by atoms with E-state index in [1.165, 1.54) is 109 Å². The van der Waals surface area contributed by atoms with E-state index in [2.05, 4.69) is 119 Å². The molecule has 0 spiro atoms.